The molecule has 7 aromatic rings. The third kappa shape index (κ3) is 2.75. The molecule has 1 aliphatic heterocycles. The number of nitrogens with one attached hydrogen (secondary N) is 1. The Morgan fingerprint density at radius 2 is 1.76 bits per heavy atom. The number of H-pyrrole nitrogens is 1. The molecule has 4 aromatic heterocycles. The molecule has 1 aliphatic rings. The fourth-order valence-corrected chi connectivity index (χ4v) is 7.07. The Bertz CT molecular complexity index is 2070. The van der Waals surface area contributed by atoms with E-state index in [4.69, 9.17) is 0 Å². The van der Waals surface area contributed by atoms with E-state index in [1.54, 1.807) is 11.3 Å². The highest BCUT2D eigenvalue weighted by atomic mass is 32.1. The molecule has 0 amide bonds. The largest absolute Gasteiger partial charge is 0.494 e. The van der Waals surface area contributed by atoms with E-state index in [-0.39, 0.29) is 18.4 Å². The van der Waals surface area contributed by atoms with Gasteiger partial charge in [0.2, 0.25) is 0 Å². The first kappa shape index (κ1) is 21.1. The van der Waals surface area contributed by atoms with E-state index in [2.05, 4.69) is 73.7 Å². The van der Waals surface area contributed by atoms with Crippen molar-refractivity contribution in [3.8, 4) is 5.88 Å². The Kier molecular flexibility index (Phi) is 4.25. The van der Waals surface area contributed by atoms with Gasteiger partial charge in [-0.05, 0) is 36.8 Å². The summed E-state index contributed by atoms with van der Waals surface area (Å²) in [5, 5.41) is 27.8. The van der Waals surface area contributed by atoms with Crippen molar-refractivity contribution in [1.82, 2.24) is 19.1 Å². The maximum Gasteiger partial charge on any atom is 0.197 e. The second-order valence-electron chi connectivity index (χ2n) is 10.1. The second kappa shape index (κ2) is 7.47. The van der Waals surface area contributed by atoms with Crippen LogP contribution in [0.3, 0.4) is 0 Å². The van der Waals surface area contributed by atoms with Crippen LogP contribution in [0.1, 0.15) is 16.1 Å². The summed E-state index contributed by atoms with van der Waals surface area (Å²) >= 11 is 1.64. The molecule has 182 valence electrons. The molecule has 0 spiro atoms. The number of aryl methyl sites for hydroxylation is 1. The van der Waals surface area contributed by atoms with Gasteiger partial charge >= 0.3 is 0 Å². The van der Waals surface area contributed by atoms with Gasteiger partial charge in [-0.15, -0.1) is 11.3 Å². The predicted molar refractivity (Wildman–Crippen MR) is 152 cm³/mol. The molecule has 0 saturated carbocycles. The van der Waals surface area contributed by atoms with E-state index in [9.17, 15) is 10.2 Å². The lowest BCUT2D eigenvalue weighted by Crippen LogP contribution is -2.18. The van der Waals surface area contributed by atoms with Crippen molar-refractivity contribution in [3.63, 3.8) is 0 Å². The van der Waals surface area contributed by atoms with Crippen LogP contribution in [0.4, 0.5) is 0 Å². The lowest BCUT2D eigenvalue weighted by atomic mass is 10.0. The topological polar surface area (TPSA) is 79.0 Å². The third-order valence-corrected chi connectivity index (χ3v) is 8.91. The smallest absolute Gasteiger partial charge is 0.197 e. The maximum atomic E-state index is 11.1. The lowest BCUT2D eigenvalue weighted by molar-refractivity contribution is 0.201. The number of aliphatic hydroxyl groups is 1. The maximum absolute atomic E-state index is 11.1. The Morgan fingerprint density at radius 3 is 2.54 bits per heavy atom. The first-order valence-electron chi connectivity index (χ1n) is 12.5. The van der Waals surface area contributed by atoms with E-state index in [0.29, 0.717) is 6.54 Å². The Hall–Kier alpha value is -4.07. The highest BCUT2D eigenvalue weighted by Crippen LogP contribution is 2.48. The average Bonchev–Trinajstić information content (AvgIpc) is 3.63. The SMILES string of the molecule is Cc1ncsc1C=Cc1ccc2c(c1)c1c3c(O)[nH]cc3c3c4ccccc4n4c3c1n2CC(CO)C4. The van der Waals surface area contributed by atoms with Crippen LogP contribution in [0.5, 0.6) is 5.88 Å². The number of aromatic nitrogens is 4. The van der Waals surface area contributed by atoms with Crippen LogP contribution in [0.15, 0.2) is 54.2 Å². The number of benzene rings is 3. The molecule has 3 N–H and O–H groups in total. The lowest BCUT2D eigenvalue weighted by Gasteiger charge is -2.15. The summed E-state index contributed by atoms with van der Waals surface area (Å²) in [5.74, 6) is 0.269. The van der Waals surface area contributed by atoms with Crippen LogP contribution < -0.4 is 0 Å². The van der Waals surface area contributed by atoms with Crippen LogP contribution in [-0.2, 0) is 13.1 Å². The van der Waals surface area contributed by atoms with Gasteiger partial charge in [0, 0.05) is 74.7 Å². The zero-order valence-electron chi connectivity index (χ0n) is 20.2. The van der Waals surface area contributed by atoms with Gasteiger partial charge in [0.05, 0.1) is 27.6 Å². The minimum atomic E-state index is 0.0774. The summed E-state index contributed by atoms with van der Waals surface area (Å²) in [4.78, 5) is 8.62. The number of rotatable bonds is 3. The second-order valence-corrected chi connectivity index (χ2v) is 11.0. The monoisotopic (exact) mass is 504 g/mol. The molecule has 1 unspecified atom stereocenters. The fourth-order valence-electron chi connectivity index (χ4n) is 6.37. The van der Waals surface area contributed by atoms with Crippen molar-refractivity contribution in [3.05, 3.63) is 70.3 Å². The summed E-state index contributed by atoms with van der Waals surface area (Å²) in [6.07, 6.45) is 6.19. The van der Waals surface area contributed by atoms with Crippen molar-refractivity contribution in [1.29, 1.82) is 0 Å². The van der Waals surface area contributed by atoms with Gasteiger partial charge in [0.1, 0.15) is 0 Å². The van der Waals surface area contributed by atoms with Gasteiger partial charge in [-0.2, -0.15) is 0 Å². The summed E-state index contributed by atoms with van der Waals surface area (Å²) in [6, 6.07) is 15.0. The molecular weight excluding hydrogens is 480 g/mol. The predicted octanol–water partition coefficient (Wildman–Crippen LogP) is 6.65. The number of para-hydroxylation sites is 1. The molecule has 8 rings (SSSR count). The average molecular weight is 505 g/mol. The molecule has 0 bridgehead atoms. The number of nitrogens with zero attached hydrogens (tertiary/aromatic N) is 3. The van der Waals surface area contributed by atoms with E-state index >= 15 is 0 Å². The Labute approximate surface area is 215 Å². The van der Waals surface area contributed by atoms with Crippen molar-refractivity contribution >= 4 is 77.9 Å². The van der Waals surface area contributed by atoms with E-state index in [1.165, 1.54) is 10.9 Å². The molecule has 0 saturated heterocycles. The molecule has 1 atom stereocenters. The first-order chi connectivity index (χ1) is 18.1. The molecular formula is C30H24N4O2S. The van der Waals surface area contributed by atoms with Crippen LogP contribution in [-0.4, -0.2) is 35.9 Å². The van der Waals surface area contributed by atoms with Gasteiger partial charge in [0.15, 0.2) is 5.88 Å². The van der Waals surface area contributed by atoms with Crippen molar-refractivity contribution in [2.24, 2.45) is 5.92 Å². The van der Waals surface area contributed by atoms with Crippen LogP contribution in [0.25, 0.3) is 66.5 Å². The normalized spacial score (nSPS) is 16.0. The molecule has 6 nitrogen and oxygen atoms in total. The fraction of sp³-hybridized carbons (Fsp3) is 0.167. The standard InChI is InChI=1S/C30H24N4O2S/c1-16-24(37-15-32-16)9-7-17-6-8-23-20(10-17)26-27-21(11-31-30(27)36)25-19-4-2-3-5-22(19)33-12-18(14-35)13-34(23)29(26)28(25)33/h2-11,15,18,31,35-36H,12-14H2,1H3. The highest BCUT2D eigenvalue weighted by molar-refractivity contribution is 7.10. The van der Waals surface area contributed by atoms with Gasteiger partial charge in [-0.1, -0.05) is 30.3 Å². The van der Waals surface area contributed by atoms with Crippen LogP contribution in [0, 0.1) is 12.8 Å². The van der Waals surface area contributed by atoms with Gasteiger partial charge in [-0.25, -0.2) is 4.98 Å². The summed E-state index contributed by atoms with van der Waals surface area (Å²) in [6.45, 7) is 3.60. The van der Waals surface area contributed by atoms with Gasteiger partial charge < -0.3 is 24.3 Å². The quantitative estimate of drug-likeness (QED) is 0.252. The number of thiazole rings is 1. The number of aliphatic hydroxyl groups excluding tert-OH is 1. The summed E-state index contributed by atoms with van der Waals surface area (Å²) < 4.78 is 4.75. The molecule has 7 heteroatoms. The van der Waals surface area contributed by atoms with Crippen molar-refractivity contribution < 1.29 is 10.2 Å². The number of fused-ring (bicyclic) bond motifs is 9. The van der Waals surface area contributed by atoms with Crippen LogP contribution in [0.2, 0.25) is 0 Å². The Balaban J connectivity index is 1.55. The summed E-state index contributed by atoms with van der Waals surface area (Å²) in [7, 11) is 0. The molecule has 37 heavy (non-hydrogen) atoms. The van der Waals surface area contributed by atoms with Crippen LogP contribution >= 0.6 is 11.3 Å². The summed E-state index contributed by atoms with van der Waals surface area (Å²) in [5.41, 5.74) is 8.58. The molecule has 0 fully saturated rings. The number of hydrogen-bond donors (Lipinski definition) is 3. The molecule has 0 aliphatic carbocycles. The minimum Gasteiger partial charge on any atom is -0.494 e. The minimum absolute atomic E-state index is 0.0774. The van der Waals surface area contributed by atoms with Crippen molar-refractivity contribution in [2.75, 3.05) is 6.61 Å². The molecule has 0 radical (unpaired) electrons. The van der Waals surface area contributed by atoms with E-state index < -0.39 is 0 Å². The Morgan fingerprint density at radius 1 is 0.973 bits per heavy atom. The third-order valence-electron chi connectivity index (χ3n) is 8.01. The molecule has 3 aromatic carbocycles. The molecule has 5 heterocycles. The zero-order chi connectivity index (χ0) is 24.8. The zero-order valence-corrected chi connectivity index (χ0v) is 21.0. The van der Waals surface area contributed by atoms with Crippen molar-refractivity contribution in [2.45, 2.75) is 20.0 Å². The van der Waals surface area contributed by atoms with Gasteiger partial charge in [-0.3, -0.25) is 0 Å². The van der Waals surface area contributed by atoms with E-state index in [1.807, 2.05) is 18.6 Å². The van der Waals surface area contributed by atoms with Gasteiger partial charge in [0.25, 0.3) is 0 Å². The number of hydrogen-bond acceptors (Lipinski definition) is 4. The number of aromatic amines is 1. The number of aromatic hydroxyl groups is 1. The van der Waals surface area contributed by atoms with E-state index in [0.717, 1.165) is 66.2 Å². The first-order valence-corrected chi connectivity index (χ1v) is 13.4. The highest BCUT2D eigenvalue weighted by Gasteiger charge is 2.29.